The van der Waals surface area contributed by atoms with E-state index >= 15 is 0 Å². The molecule has 124 valence electrons. The van der Waals surface area contributed by atoms with Crippen molar-refractivity contribution in [2.45, 2.75) is 6.18 Å². The molecule has 1 amide bonds. The van der Waals surface area contributed by atoms with Gasteiger partial charge in [-0.1, -0.05) is 11.6 Å². The van der Waals surface area contributed by atoms with Crippen molar-refractivity contribution in [1.29, 1.82) is 0 Å². The number of rotatable bonds is 3. The van der Waals surface area contributed by atoms with Crippen molar-refractivity contribution < 1.29 is 18.0 Å². The van der Waals surface area contributed by atoms with Gasteiger partial charge < -0.3 is 10.2 Å². The highest BCUT2D eigenvalue weighted by atomic mass is 35.5. The Hall–Kier alpha value is -2.22. The van der Waals surface area contributed by atoms with E-state index in [2.05, 4.69) is 10.4 Å². The minimum absolute atomic E-state index is 0.206. The first-order valence-electron chi connectivity index (χ1n) is 6.49. The van der Waals surface area contributed by atoms with Gasteiger partial charge in [0.2, 0.25) is 0 Å². The highest BCUT2D eigenvalue weighted by molar-refractivity contribution is 6.31. The van der Waals surface area contributed by atoms with Crippen LogP contribution in [0.5, 0.6) is 0 Å². The molecule has 0 bridgehead atoms. The molecule has 0 saturated carbocycles. The fraction of sp³-hybridized carbons (Fsp3) is 0.286. The number of halogens is 4. The lowest BCUT2D eigenvalue weighted by molar-refractivity contribution is -0.141. The summed E-state index contributed by atoms with van der Waals surface area (Å²) < 4.78 is 38.9. The van der Waals surface area contributed by atoms with Crippen LogP contribution in [0.1, 0.15) is 16.2 Å². The standard InChI is InChI=1S/C14H14ClF3N4O/c1-21(2)10-5-4-8(15)6-9(10)19-13(23)11-7-12(14(16,17)18)20-22(11)3/h4-7H,1-3H3,(H,19,23). The van der Waals surface area contributed by atoms with Gasteiger partial charge in [0, 0.05) is 32.2 Å². The van der Waals surface area contributed by atoms with E-state index in [1.165, 1.54) is 13.1 Å². The van der Waals surface area contributed by atoms with Gasteiger partial charge in [0.15, 0.2) is 5.69 Å². The van der Waals surface area contributed by atoms with Gasteiger partial charge in [-0.15, -0.1) is 0 Å². The Morgan fingerprint density at radius 3 is 2.48 bits per heavy atom. The maximum atomic E-state index is 12.7. The van der Waals surface area contributed by atoms with E-state index in [9.17, 15) is 18.0 Å². The molecule has 0 unspecified atom stereocenters. The summed E-state index contributed by atoms with van der Waals surface area (Å²) in [5, 5.41) is 6.27. The van der Waals surface area contributed by atoms with Crippen LogP contribution in [0.25, 0.3) is 0 Å². The van der Waals surface area contributed by atoms with Crippen LogP contribution in [0.3, 0.4) is 0 Å². The van der Waals surface area contributed by atoms with Crippen molar-refractivity contribution in [3.8, 4) is 0 Å². The molecule has 1 aromatic carbocycles. The Balaban J connectivity index is 2.33. The molecule has 0 radical (unpaired) electrons. The summed E-state index contributed by atoms with van der Waals surface area (Å²) in [5.74, 6) is -0.708. The van der Waals surface area contributed by atoms with Gasteiger partial charge >= 0.3 is 6.18 Å². The number of anilines is 2. The third kappa shape index (κ3) is 3.76. The number of nitrogens with zero attached hydrogens (tertiary/aromatic N) is 3. The predicted molar refractivity (Wildman–Crippen MR) is 81.9 cm³/mol. The van der Waals surface area contributed by atoms with Gasteiger partial charge in [0.05, 0.1) is 11.4 Å². The van der Waals surface area contributed by atoms with E-state index in [1.54, 1.807) is 31.1 Å². The summed E-state index contributed by atoms with van der Waals surface area (Å²) in [5.41, 5.74) is -0.269. The maximum Gasteiger partial charge on any atom is 0.435 e. The normalized spacial score (nSPS) is 11.4. The van der Waals surface area contributed by atoms with Gasteiger partial charge in [-0.3, -0.25) is 9.48 Å². The van der Waals surface area contributed by atoms with Crippen molar-refractivity contribution in [3.05, 3.63) is 40.7 Å². The van der Waals surface area contributed by atoms with Crippen LogP contribution in [0.2, 0.25) is 5.02 Å². The third-order valence-electron chi connectivity index (χ3n) is 3.09. The number of aromatic nitrogens is 2. The van der Waals surface area contributed by atoms with Gasteiger partial charge in [-0.2, -0.15) is 18.3 Å². The number of carbonyl (C=O) groups excluding carboxylic acids is 1. The van der Waals surface area contributed by atoms with E-state index in [0.29, 0.717) is 22.5 Å². The van der Waals surface area contributed by atoms with Crippen LogP contribution in [0.15, 0.2) is 24.3 Å². The molecule has 0 atom stereocenters. The second kappa shape index (κ2) is 6.11. The van der Waals surface area contributed by atoms with Crippen molar-refractivity contribution in [2.24, 2.45) is 7.05 Å². The summed E-state index contributed by atoms with van der Waals surface area (Å²) in [6.45, 7) is 0. The first-order chi connectivity index (χ1) is 10.6. The number of amides is 1. The number of hydrogen-bond acceptors (Lipinski definition) is 3. The molecular weight excluding hydrogens is 333 g/mol. The molecule has 1 N–H and O–H groups in total. The summed E-state index contributed by atoms with van der Waals surface area (Å²) in [6.07, 6.45) is -4.61. The Kier molecular flexibility index (Phi) is 4.56. The topological polar surface area (TPSA) is 50.2 Å². The molecular formula is C14H14ClF3N4O. The highest BCUT2D eigenvalue weighted by Crippen LogP contribution is 2.30. The molecule has 0 spiro atoms. The molecule has 2 aromatic rings. The average Bonchev–Trinajstić information content (AvgIpc) is 2.80. The van der Waals surface area contributed by atoms with Gasteiger partial charge in [0.25, 0.3) is 5.91 Å². The highest BCUT2D eigenvalue weighted by Gasteiger charge is 2.35. The monoisotopic (exact) mass is 346 g/mol. The molecule has 23 heavy (non-hydrogen) atoms. The lowest BCUT2D eigenvalue weighted by Gasteiger charge is -2.18. The molecule has 9 heteroatoms. The molecule has 1 heterocycles. The zero-order chi connectivity index (χ0) is 17.4. The van der Waals surface area contributed by atoms with E-state index < -0.39 is 17.8 Å². The van der Waals surface area contributed by atoms with E-state index in [1.807, 2.05) is 0 Å². The fourth-order valence-electron chi connectivity index (χ4n) is 2.00. The zero-order valence-electron chi connectivity index (χ0n) is 12.6. The van der Waals surface area contributed by atoms with Crippen LogP contribution < -0.4 is 10.2 Å². The smallest absolute Gasteiger partial charge is 0.376 e. The first kappa shape index (κ1) is 17.1. The van der Waals surface area contributed by atoms with E-state index in [4.69, 9.17) is 11.6 Å². The number of nitrogens with one attached hydrogen (secondary N) is 1. The van der Waals surface area contributed by atoms with Crippen LogP contribution in [-0.2, 0) is 13.2 Å². The van der Waals surface area contributed by atoms with Crippen molar-refractivity contribution in [2.75, 3.05) is 24.3 Å². The molecule has 2 rings (SSSR count). The van der Waals surface area contributed by atoms with Crippen molar-refractivity contribution >= 4 is 28.9 Å². The molecule has 5 nitrogen and oxygen atoms in total. The number of alkyl halides is 3. The number of aryl methyl sites for hydroxylation is 1. The Morgan fingerprint density at radius 2 is 1.96 bits per heavy atom. The van der Waals surface area contributed by atoms with Crippen LogP contribution in [0, 0.1) is 0 Å². The summed E-state index contributed by atoms with van der Waals surface area (Å²) in [4.78, 5) is 14.0. The SMILES string of the molecule is CN(C)c1ccc(Cl)cc1NC(=O)c1cc(C(F)(F)F)nn1C. The van der Waals surface area contributed by atoms with Crippen LogP contribution in [0.4, 0.5) is 24.5 Å². The lowest BCUT2D eigenvalue weighted by Crippen LogP contribution is -2.19. The largest absolute Gasteiger partial charge is 0.435 e. The number of hydrogen-bond donors (Lipinski definition) is 1. The molecule has 0 aliphatic rings. The average molecular weight is 347 g/mol. The quantitative estimate of drug-likeness (QED) is 0.926. The Bertz CT molecular complexity index is 740. The van der Waals surface area contributed by atoms with Crippen LogP contribution >= 0.6 is 11.6 Å². The zero-order valence-corrected chi connectivity index (χ0v) is 13.3. The van der Waals surface area contributed by atoms with E-state index in [-0.39, 0.29) is 5.69 Å². The van der Waals surface area contributed by atoms with Gasteiger partial charge in [-0.05, 0) is 18.2 Å². The van der Waals surface area contributed by atoms with Gasteiger partial charge in [-0.25, -0.2) is 0 Å². The fourth-order valence-corrected chi connectivity index (χ4v) is 2.18. The minimum atomic E-state index is -4.61. The number of benzene rings is 1. The Morgan fingerprint density at radius 1 is 1.30 bits per heavy atom. The molecule has 0 saturated heterocycles. The molecule has 0 aliphatic carbocycles. The second-order valence-electron chi connectivity index (χ2n) is 5.05. The first-order valence-corrected chi connectivity index (χ1v) is 6.87. The minimum Gasteiger partial charge on any atom is -0.376 e. The predicted octanol–water partition coefficient (Wildman–Crippen LogP) is 3.41. The van der Waals surface area contributed by atoms with Gasteiger partial charge in [0.1, 0.15) is 5.69 Å². The number of carbonyl (C=O) groups is 1. The lowest BCUT2D eigenvalue weighted by atomic mass is 10.2. The van der Waals surface area contributed by atoms with Crippen molar-refractivity contribution in [1.82, 2.24) is 9.78 Å². The Labute approximate surface area is 135 Å². The second-order valence-corrected chi connectivity index (χ2v) is 5.48. The molecule has 0 fully saturated rings. The van der Waals surface area contributed by atoms with Crippen LogP contribution in [-0.4, -0.2) is 29.8 Å². The summed E-state index contributed by atoms with van der Waals surface area (Å²) in [7, 11) is 4.81. The molecule has 0 aliphatic heterocycles. The summed E-state index contributed by atoms with van der Waals surface area (Å²) in [6, 6.07) is 5.58. The molecule has 1 aromatic heterocycles. The summed E-state index contributed by atoms with van der Waals surface area (Å²) >= 11 is 5.91. The maximum absolute atomic E-state index is 12.7. The van der Waals surface area contributed by atoms with Crippen molar-refractivity contribution in [3.63, 3.8) is 0 Å². The van der Waals surface area contributed by atoms with E-state index in [0.717, 1.165) is 4.68 Å². The third-order valence-corrected chi connectivity index (χ3v) is 3.33.